The van der Waals surface area contributed by atoms with E-state index in [4.69, 9.17) is 28.4 Å². The van der Waals surface area contributed by atoms with Crippen molar-refractivity contribution in [3.05, 3.63) is 41.7 Å². The third-order valence-electron chi connectivity index (χ3n) is 15.5. The molecule has 0 aliphatic carbocycles. The second-order valence-electron chi connectivity index (χ2n) is 21.7. The molecule has 3 fully saturated rings. The van der Waals surface area contributed by atoms with Crippen molar-refractivity contribution >= 4 is 11.7 Å². The van der Waals surface area contributed by atoms with Crippen molar-refractivity contribution in [2.45, 2.75) is 205 Å². The van der Waals surface area contributed by atoms with Gasteiger partial charge >= 0.3 is 5.97 Å². The van der Waals surface area contributed by atoms with Gasteiger partial charge in [-0.25, -0.2) is 0 Å². The Bertz CT molecular complexity index is 1900. The Morgan fingerprint density at radius 2 is 1.58 bits per heavy atom. The molecule has 0 bridgehead atoms. The number of aryl methyl sites for hydroxylation is 2. The SMILES string of the molecule is CC[C@H]1OC(=O)[C@H](C)[C@@H](O[C@H]2C[C@@](C)(OC)[C@@H](O)[C@H](C)O2)[C@H](C)[C@@H](O[C@@H]2O[C@H](C)C[C@H](N(C)CCc3cn(CCc4ccc(N(C)C)cc4)nn3)[C@H]2O)[C@](C)(O)C[C@@H](C)CN(C)[C@H](C)[C@@H](O)[C@]1(C)O. The summed E-state index contributed by atoms with van der Waals surface area (Å²) in [6, 6.07) is 7.52. The van der Waals surface area contributed by atoms with E-state index in [9.17, 15) is 30.3 Å². The molecular weight excluding hydrogens is 889 g/mol. The van der Waals surface area contributed by atoms with Crippen LogP contribution in [0, 0.1) is 17.8 Å². The van der Waals surface area contributed by atoms with Crippen molar-refractivity contribution in [3.8, 4) is 0 Å². The van der Waals surface area contributed by atoms with Crippen LogP contribution in [0.5, 0.6) is 0 Å². The highest BCUT2D eigenvalue weighted by atomic mass is 16.7. The second-order valence-corrected chi connectivity index (χ2v) is 21.7. The van der Waals surface area contributed by atoms with Gasteiger partial charge in [0, 0.05) is 83.6 Å². The van der Waals surface area contributed by atoms with Crippen molar-refractivity contribution in [2.75, 3.05) is 53.3 Å². The third kappa shape index (κ3) is 13.8. The average molecular weight is 977 g/mol. The number of rotatable bonds is 14. The topological polar surface area (TPSA) is 214 Å². The number of hydrogen-bond donors (Lipinski definition) is 5. The van der Waals surface area contributed by atoms with E-state index in [1.165, 1.54) is 19.6 Å². The van der Waals surface area contributed by atoms with Crippen LogP contribution in [0.15, 0.2) is 30.5 Å². The van der Waals surface area contributed by atoms with Crippen LogP contribution in [0.3, 0.4) is 0 Å². The maximum Gasteiger partial charge on any atom is 0.311 e. The molecule has 0 spiro atoms. The Labute approximate surface area is 411 Å². The molecule has 5 N–H and O–H groups in total. The molecule has 0 unspecified atom stereocenters. The number of esters is 1. The number of aliphatic hydroxyl groups excluding tert-OH is 3. The quantitative estimate of drug-likeness (QED) is 0.172. The van der Waals surface area contributed by atoms with Crippen LogP contribution < -0.4 is 4.90 Å². The van der Waals surface area contributed by atoms with E-state index in [-0.39, 0.29) is 31.3 Å². The number of benzene rings is 1. The monoisotopic (exact) mass is 977 g/mol. The summed E-state index contributed by atoms with van der Waals surface area (Å²) in [5.74, 6) is -2.73. The molecule has 394 valence electrons. The van der Waals surface area contributed by atoms with Crippen LogP contribution >= 0.6 is 0 Å². The smallest absolute Gasteiger partial charge is 0.311 e. The lowest BCUT2D eigenvalue weighted by Gasteiger charge is -2.49. The van der Waals surface area contributed by atoms with Crippen molar-refractivity contribution in [1.82, 2.24) is 24.8 Å². The molecule has 69 heavy (non-hydrogen) atoms. The summed E-state index contributed by atoms with van der Waals surface area (Å²) in [6.45, 7) is 19.3. The molecule has 18 nitrogen and oxygen atoms in total. The lowest BCUT2D eigenvalue weighted by Crippen LogP contribution is -2.61. The van der Waals surface area contributed by atoms with E-state index < -0.39 is 102 Å². The van der Waals surface area contributed by atoms with Gasteiger partial charge in [-0.2, -0.15) is 0 Å². The molecule has 1 aromatic carbocycles. The fourth-order valence-electron chi connectivity index (χ4n) is 10.9. The van der Waals surface area contributed by atoms with Gasteiger partial charge in [0.05, 0.1) is 47.2 Å². The molecule has 0 saturated carbocycles. The maximum atomic E-state index is 14.5. The zero-order valence-corrected chi connectivity index (χ0v) is 44.2. The lowest BCUT2D eigenvalue weighted by atomic mass is 9.77. The van der Waals surface area contributed by atoms with Gasteiger partial charge in [-0.15, -0.1) is 5.10 Å². The van der Waals surface area contributed by atoms with Gasteiger partial charge in [0.2, 0.25) is 0 Å². The zero-order chi connectivity index (χ0) is 51.3. The highest BCUT2D eigenvalue weighted by molar-refractivity contribution is 5.73. The Balaban J connectivity index is 1.42. The number of nitrogens with zero attached hydrogens (tertiary/aromatic N) is 6. The van der Waals surface area contributed by atoms with E-state index in [1.54, 1.807) is 41.5 Å². The highest BCUT2D eigenvalue weighted by Crippen LogP contribution is 2.40. The van der Waals surface area contributed by atoms with Crippen molar-refractivity contribution in [2.24, 2.45) is 17.8 Å². The minimum absolute atomic E-state index is 0.111. The summed E-state index contributed by atoms with van der Waals surface area (Å²) in [5, 5.41) is 68.5. The fraction of sp³-hybridized carbons (Fsp3) is 0.824. The Morgan fingerprint density at radius 3 is 2.20 bits per heavy atom. The van der Waals surface area contributed by atoms with Crippen LogP contribution in [0.2, 0.25) is 0 Å². The molecule has 1 aromatic heterocycles. The number of ether oxygens (including phenoxy) is 6. The number of carbonyl (C=O) groups excluding carboxylic acids is 1. The molecule has 0 radical (unpaired) electrons. The van der Waals surface area contributed by atoms with E-state index in [0.717, 1.165) is 17.8 Å². The van der Waals surface area contributed by atoms with Crippen LogP contribution in [0.4, 0.5) is 5.69 Å². The number of hydrogen-bond acceptors (Lipinski definition) is 17. The molecule has 3 aliphatic rings. The standard InChI is InChI=1S/C51H88N6O12/c1-16-40-51(10,63)44(59)34(6)56(14)28-30(2)26-49(8,62)46(32(4)43(33(5)47(61)67-40)68-41-27-50(9,64-15)45(60)35(7)66-41)69-48-42(58)39(25-31(3)65-48)55(13)23-22-37-29-57(53-52-37)24-21-36-17-19-38(20-18-36)54(11)12/h17-20,29-35,39-46,48,58-60,62-63H,16,21-28H2,1-15H3/t30-,31-,32+,33-,34-,35+,39+,40-,41+,42-,43+,44-,45+,46-,48+,49-,50-,51-/m1/s1. The molecule has 0 amide bonds. The molecule has 4 heterocycles. The molecule has 3 saturated heterocycles. The van der Waals surface area contributed by atoms with Gasteiger partial charge in [-0.1, -0.05) is 38.1 Å². The Kier molecular flexibility index (Phi) is 19.7. The molecular formula is C51H88N6O12. The number of cyclic esters (lactones) is 1. The van der Waals surface area contributed by atoms with Crippen molar-refractivity contribution < 1.29 is 58.7 Å². The van der Waals surface area contributed by atoms with Crippen LogP contribution in [0.25, 0.3) is 0 Å². The summed E-state index contributed by atoms with van der Waals surface area (Å²) < 4.78 is 40.2. The first kappa shape index (κ1) is 57.1. The average Bonchev–Trinajstić information content (AvgIpc) is 3.76. The zero-order valence-electron chi connectivity index (χ0n) is 44.2. The van der Waals surface area contributed by atoms with Crippen LogP contribution in [-0.2, 0) is 52.6 Å². The fourth-order valence-corrected chi connectivity index (χ4v) is 10.9. The van der Waals surface area contributed by atoms with Gasteiger partial charge in [0.25, 0.3) is 0 Å². The highest BCUT2D eigenvalue weighted by Gasteiger charge is 2.53. The molecule has 3 aliphatic heterocycles. The van der Waals surface area contributed by atoms with Gasteiger partial charge in [0.1, 0.15) is 30.0 Å². The number of anilines is 1. The van der Waals surface area contributed by atoms with Gasteiger partial charge < -0.3 is 68.7 Å². The number of likely N-dealkylation sites (N-methyl/N-ethyl adjacent to an activating group) is 2. The first-order chi connectivity index (χ1) is 32.2. The van der Waals surface area contributed by atoms with E-state index in [0.29, 0.717) is 32.5 Å². The van der Waals surface area contributed by atoms with E-state index in [1.807, 2.05) is 64.7 Å². The Morgan fingerprint density at radius 1 is 0.913 bits per heavy atom. The van der Waals surface area contributed by atoms with Gasteiger partial charge in [-0.3, -0.25) is 9.48 Å². The Hall–Kier alpha value is -2.85. The lowest BCUT2D eigenvalue weighted by molar-refractivity contribution is -0.318. The number of aromatic nitrogens is 3. The first-order valence-electron chi connectivity index (χ1n) is 25.1. The number of carbonyl (C=O) groups is 1. The minimum Gasteiger partial charge on any atom is -0.459 e. The summed E-state index contributed by atoms with van der Waals surface area (Å²) in [7, 11) is 9.36. The molecule has 2 aromatic rings. The van der Waals surface area contributed by atoms with E-state index >= 15 is 0 Å². The van der Waals surface area contributed by atoms with Crippen LogP contribution in [-0.4, -0.2) is 195 Å². The molecule has 18 heteroatoms. The minimum atomic E-state index is -1.83. The normalized spacial score (nSPS) is 40.2. The summed E-state index contributed by atoms with van der Waals surface area (Å²) in [5.41, 5.74) is -1.30. The number of aliphatic hydroxyl groups is 5. The summed E-state index contributed by atoms with van der Waals surface area (Å²) in [6.07, 6.45) is -5.47. The largest absolute Gasteiger partial charge is 0.459 e. The summed E-state index contributed by atoms with van der Waals surface area (Å²) in [4.78, 5) is 20.6. The molecule has 5 rings (SSSR count). The maximum absolute atomic E-state index is 14.5. The van der Waals surface area contributed by atoms with Gasteiger partial charge in [0.15, 0.2) is 12.6 Å². The third-order valence-corrected chi connectivity index (χ3v) is 15.5. The second kappa shape index (κ2) is 23.8. The van der Waals surface area contributed by atoms with Crippen molar-refractivity contribution in [1.29, 1.82) is 0 Å². The predicted molar refractivity (Wildman–Crippen MR) is 261 cm³/mol. The summed E-state index contributed by atoms with van der Waals surface area (Å²) >= 11 is 0. The molecule has 18 atom stereocenters. The van der Waals surface area contributed by atoms with Crippen LogP contribution in [0.1, 0.15) is 106 Å². The van der Waals surface area contributed by atoms with Crippen molar-refractivity contribution in [3.63, 3.8) is 0 Å². The van der Waals surface area contributed by atoms with E-state index in [2.05, 4.69) is 44.4 Å². The number of methoxy groups -OCH3 is 1. The van der Waals surface area contributed by atoms with Gasteiger partial charge in [-0.05, 0) is 112 Å². The predicted octanol–water partition coefficient (Wildman–Crippen LogP) is 3.41. The first-order valence-corrected chi connectivity index (χ1v) is 25.1.